The fourth-order valence-corrected chi connectivity index (χ4v) is 0.980. The zero-order valence-electron chi connectivity index (χ0n) is 6.07. The van der Waals surface area contributed by atoms with Gasteiger partial charge in [-0.1, -0.05) is 54.5 Å². The van der Waals surface area contributed by atoms with Gasteiger partial charge in [-0.2, -0.15) is 0 Å². The zero-order chi connectivity index (χ0) is 6.95. The molecule has 0 radical (unpaired) electrons. The molecule has 1 heteroatoms. The highest BCUT2D eigenvalue weighted by molar-refractivity contribution is 14.1. The zero-order valence-corrected chi connectivity index (χ0v) is 8.23. The first-order valence-electron chi connectivity index (χ1n) is 3.62. The van der Waals surface area contributed by atoms with Gasteiger partial charge in [0.15, 0.2) is 0 Å². The van der Waals surface area contributed by atoms with Crippen molar-refractivity contribution in [2.75, 3.05) is 4.43 Å². The Morgan fingerprint density at radius 2 is 1.89 bits per heavy atom. The second-order valence-electron chi connectivity index (χ2n) is 2.09. The highest BCUT2D eigenvalue weighted by Gasteiger charge is 1.76. The van der Waals surface area contributed by atoms with E-state index in [1.54, 1.807) is 0 Å². The highest BCUT2D eigenvalue weighted by Crippen LogP contribution is 1.97. The number of rotatable bonds is 5. The second kappa shape index (κ2) is 8.47. The summed E-state index contributed by atoms with van der Waals surface area (Å²) in [5, 5.41) is 0. The molecule has 0 saturated heterocycles. The molecule has 0 aliphatic carbocycles. The normalized spacial score (nSPS) is 10.9. The van der Waals surface area contributed by atoms with E-state index >= 15 is 0 Å². The quantitative estimate of drug-likeness (QED) is 0.297. The number of hydrogen-bond acceptors (Lipinski definition) is 0. The lowest BCUT2D eigenvalue weighted by molar-refractivity contribution is 0.813. The summed E-state index contributed by atoms with van der Waals surface area (Å²) in [6.45, 7) is 2.23. The van der Waals surface area contributed by atoms with Crippen LogP contribution in [0.3, 0.4) is 0 Å². The van der Waals surface area contributed by atoms with E-state index in [1.165, 1.54) is 30.1 Å². The Morgan fingerprint density at radius 1 is 1.22 bits per heavy atom. The lowest BCUT2D eigenvalue weighted by atomic mass is 10.2. The van der Waals surface area contributed by atoms with Crippen molar-refractivity contribution < 1.29 is 0 Å². The molecular weight excluding hydrogens is 223 g/mol. The van der Waals surface area contributed by atoms with E-state index in [0.717, 1.165) is 0 Å². The highest BCUT2D eigenvalue weighted by atomic mass is 127. The summed E-state index contributed by atoms with van der Waals surface area (Å²) >= 11 is 2.40. The number of allylic oxidation sites excluding steroid dienone is 2. The Bertz CT molecular complexity index is 67.0. The Kier molecular flexibility index (Phi) is 8.91. The second-order valence-corrected chi connectivity index (χ2v) is 3.17. The summed E-state index contributed by atoms with van der Waals surface area (Å²) in [7, 11) is 0. The predicted molar refractivity (Wildman–Crippen MR) is 52.2 cm³/mol. The summed E-state index contributed by atoms with van der Waals surface area (Å²) in [5.41, 5.74) is 0. The van der Waals surface area contributed by atoms with E-state index in [0.29, 0.717) is 0 Å². The maximum absolute atomic E-state index is 2.40. The van der Waals surface area contributed by atoms with E-state index in [2.05, 4.69) is 41.7 Å². The molecule has 54 valence electrons. The molecule has 9 heavy (non-hydrogen) atoms. The van der Waals surface area contributed by atoms with Crippen LogP contribution in [-0.4, -0.2) is 4.43 Å². The first kappa shape index (κ1) is 9.47. The average Bonchev–Trinajstić information content (AvgIpc) is 1.89. The topological polar surface area (TPSA) is 0 Å². The van der Waals surface area contributed by atoms with Crippen LogP contribution < -0.4 is 0 Å². The van der Waals surface area contributed by atoms with Crippen molar-refractivity contribution in [2.45, 2.75) is 32.6 Å². The Labute approximate surface area is 71.9 Å². The van der Waals surface area contributed by atoms with Crippen molar-refractivity contribution in [3.05, 3.63) is 12.2 Å². The van der Waals surface area contributed by atoms with E-state index in [4.69, 9.17) is 0 Å². The minimum atomic E-state index is 1.24. The minimum Gasteiger partial charge on any atom is -0.0885 e. The molecule has 0 saturated carbocycles. The van der Waals surface area contributed by atoms with Gasteiger partial charge in [0, 0.05) is 4.43 Å². The first-order chi connectivity index (χ1) is 4.41. The minimum absolute atomic E-state index is 1.24. The number of alkyl halides is 1. The van der Waals surface area contributed by atoms with Crippen LogP contribution in [0, 0.1) is 0 Å². The molecule has 0 nitrogen and oxygen atoms in total. The summed E-state index contributed by atoms with van der Waals surface area (Å²) in [4.78, 5) is 0. The van der Waals surface area contributed by atoms with Gasteiger partial charge in [0.2, 0.25) is 0 Å². The summed E-state index contributed by atoms with van der Waals surface area (Å²) in [6.07, 6.45) is 9.74. The first-order valence-corrected chi connectivity index (χ1v) is 5.15. The lowest BCUT2D eigenvalue weighted by Gasteiger charge is -1.86. The van der Waals surface area contributed by atoms with Crippen LogP contribution >= 0.6 is 22.6 Å². The molecule has 0 aromatic carbocycles. The van der Waals surface area contributed by atoms with Crippen LogP contribution in [0.25, 0.3) is 0 Å². The van der Waals surface area contributed by atoms with Gasteiger partial charge < -0.3 is 0 Å². The summed E-state index contributed by atoms with van der Waals surface area (Å²) < 4.78 is 1.25. The van der Waals surface area contributed by atoms with Gasteiger partial charge in [0.25, 0.3) is 0 Å². The largest absolute Gasteiger partial charge is 0.0885 e. The van der Waals surface area contributed by atoms with Gasteiger partial charge in [0.1, 0.15) is 0 Å². The fraction of sp³-hybridized carbons (Fsp3) is 0.750. The van der Waals surface area contributed by atoms with Crippen LogP contribution in [0.5, 0.6) is 0 Å². The van der Waals surface area contributed by atoms with Crippen molar-refractivity contribution in [3.63, 3.8) is 0 Å². The summed E-state index contributed by atoms with van der Waals surface area (Å²) in [5.74, 6) is 0. The number of halogens is 1. The van der Waals surface area contributed by atoms with Crippen molar-refractivity contribution >= 4 is 22.6 Å². The van der Waals surface area contributed by atoms with Crippen LogP contribution in [0.15, 0.2) is 12.2 Å². The molecule has 0 unspecified atom stereocenters. The SMILES string of the molecule is CCCC/C=C/CCI. The fourth-order valence-electron chi connectivity index (χ4n) is 0.621. The molecule has 0 aromatic rings. The van der Waals surface area contributed by atoms with Gasteiger partial charge >= 0.3 is 0 Å². The molecule has 0 aliphatic heterocycles. The number of unbranched alkanes of at least 4 members (excludes halogenated alkanes) is 2. The molecule has 0 fully saturated rings. The van der Waals surface area contributed by atoms with Crippen molar-refractivity contribution in [1.29, 1.82) is 0 Å². The molecule has 0 aromatic heterocycles. The van der Waals surface area contributed by atoms with Crippen LogP contribution in [0.1, 0.15) is 32.6 Å². The van der Waals surface area contributed by atoms with Gasteiger partial charge in [-0.25, -0.2) is 0 Å². The van der Waals surface area contributed by atoms with E-state index in [-0.39, 0.29) is 0 Å². The van der Waals surface area contributed by atoms with Crippen LogP contribution in [-0.2, 0) is 0 Å². The molecule has 0 heterocycles. The Hall–Kier alpha value is 0.470. The molecule has 0 aliphatic rings. The smallest absolute Gasteiger partial charge is 0.00299 e. The van der Waals surface area contributed by atoms with Gasteiger partial charge in [0.05, 0.1) is 0 Å². The number of hydrogen-bond donors (Lipinski definition) is 0. The van der Waals surface area contributed by atoms with Gasteiger partial charge in [-0.05, 0) is 12.8 Å². The van der Waals surface area contributed by atoms with E-state index in [1.807, 2.05) is 0 Å². The maximum atomic E-state index is 2.40. The molecule has 0 N–H and O–H groups in total. The lowest BCUT2D eigenvalue weighted by Crippen LogP contribution is -1.68. The van der Waals surface area contributed by atoms with Crippen molar-refractivity contribution in [3.8, 4) is 0 Å². The summed E-state index contributed by atoms with van der Waals surface area (Å²) in [6, 6.07) is 0. The maximum Gasteiger partial charge on any atom is 0.00299 e. The van der Waals surface area contributed by atoms with Gasteiger partial charge in [-0.3, -0.25) is 0 Å². The Balaban J connectivity index is 2.86. The molecular formula is C8H15I. The molecule has 0 spiro atoms. The molecule has 0 rings (SSSR count). The van der Waals surface area contributed by atoms with Crippen molar-refractivity contribution in [2.24, 2.45) is 0 Å². The van der Waals surface area contributed by atoms with Crippen LogP contribution in [0.4, 0.5) is 0 Å². The standard InChI is InChI=1S/C8H15I/c1-2-3-4-5-6-7-8-9/h5-6H,2-4,7-8H2,1H3/b6-5+. The molecule has 0 atom stereocenters. The third-order valence-corrected chi connectivity index (χ3v) is 1.79. The van der Waals surface area contributed by atoms with Crippen LogP contribution in [0.2, 0.25) is 0 Å². The van der Waals surface area contributed by atoms with Gasteiger partial charge in [-0.15, -0.1) is 0 Å². The molecule has 0 bridgehead atoms. The third kappa shape index (κ3) is 8.47. The third-order valence-electron chi connectivity index (χ3n) is 1.17. The molecule has 0 amide bonds. The van der Waals surface area contributed by atoms with E-state index < -0.39 is 0 Å². The monoisotopic (exact) mass is 238 g/mol. The Morgan fingerprint density at radius 3 is 2.44 bits per heavy atom. The van der Waals surface area contributed by atoms with Crippen molar-refractivity contribution in [1.82, 2.24) is 0 Å². The van der Waals surface area contributed by atoms with E-state index in [9.17, 15) is 0 Å². The average molecular weight is 238 g/mol. The predicted octanol–water partition coefficient (Wildman–Crippen LogP) is 3.56.